The highest BCUT2D eigenvalue weighted by Crippen LogP contribution is 2.24. The second kappa shape index (κ2) is 11.8. The van der Waals surface area contributed by atoms with Gasteiger partial charge in [0.05, 0.1) is 0 Å². The predicted molar refractivity (Wildman–Crippen MR) is 182 cm³/mol. The molecule has 7 rings (SSSR count). The zero-order chi connectivity index (χ0) is 30.8. The minimum absolute atomic E-state index is 0.179. The third-order valence-electron chi connectivity index (χ3n) is 7.74. The standard InChI is InChI=1S/C39H27N3O3/c43-37(40-34-16-13-25-7-1-4-10-28(25)22-34)31-19-32(38(44)41-35-17-14-26-8-2-5-11-29(26)23-35)21-33(20-31)39(45)42-36-18-15-27-9-3-6-12-30(27)24-36/h1-24H,(H,40,43)(H,41,44)(H,42,45). The first kappa shape index (κ1) is 27.6. The Morgan fingerprint density at radius 3 is 0.867 bits per heavy atom. The first-order valence-corrected chi connectivity index (χ1v) is 14.5. The fourth-order valence-electron chi connectivity index (χ4n) is 5.43. The molecule has 7 aromatic rings. The van der Waals surface area contributed by atoms with Crippen molar-refractivity contribution in [1.82, 2.24) is 0 Å². The zero-order valence-electron chi connectivity index (χ0n) is 24.1. The number of carbonyl (C=O) groups excluding carboxylic acids is 3. The van der Waals surface area contributed by atoms with Crippen LogP contribution in [0.15, 0.2) is 146 Å². The molecule has 0 atom stereocenters. The monoisotopic (exact) mass is 585 g/mol. The van der Waals surface area contributed by atoms with Crippen LogP contribution in [0.3, 0.4) is 0 Å². The number of nitrogens with one attached hydrogen (secondary N) is 3. The van der Waals surface area contributed by atoms with E-state index in [0.29, 0.717) is 17.1 Å². The van der Waals surface area contributed by atoms with Crippen molar-refractivity contribution in [2.45, 2.75) is 0 Å². The summed E-state index contributed by atoms with van der Waals surface area (Å²) >= 11 is 0. The van der Waals surface area contributed by atoms with E-state index in [4.69, 9.17) is 0 Å². The summed E-state index contributed by atoms with van der Waals surface area (Å²) < 4.78 is 0. The number of amides is 3. The van der Waals surface area contributed by atoms with Crippen molar-refractivity contribution in [2.75, 3.05) is 16.0 Å². The van der Waals surface area contributed by atoms with Gasteiger partial charge in [-0.05, 0) is 86.9 Å². The lowest BCUT2D eigenvalue weighted by atomic mass is 10.0. The average Bonchev–Trinajstić information content (AvgIpc) is 3.08. The number of hydrogen-bond donors (Lipinski definition) is 3. The summed E-state index contributed by atoms with van der Waals surface area (Å²) in [4.78, 5) is 40.6. The molecule has 0 saturated heterocycles. The highest BCUT2D eigenvalue weighted by Gasteiger charge is 2.18. The lowest BCUT2D eigenvalue weighted by Gasteiger charge is -2.13. The smallest absolute Gasteiger partial charge is 0.255 e. The summed E-state index contributed by atoms with van der Waals surface area (Å²) in [7, 11) is 0. The highest BCUT2D eigenvalue weighted by molar-refractivity contribution is 6.13. The molecule has 7 aromatic carbocycles. The quantitative estimate of drug-likeness (QED) is 0.182. The molecule has 0 bridgehead atoms. The second-order valence-electron chi connectivity index (χ2n) is 10.8. The maximum Gasteiger partial charge on any atom is 0.255 e. The van der Waals surface area contributed by atoms with E-state index in [-0.39, 0.29) is 16.7 Å². The summed E-state index contributed by atoms with van der Waals surface area (Å²) in [6.07, 6.45) is 0. The summed E-state index contributed by atoms with van der Waals surface area (Å²) in [5.41, 5.74) is 2.35. The maximum absolute atomic E-state index is 13.5. The Bertz CT molecular complexity index is 2010. The van der Waals surface area contributed by atoms with Crippen molar-refractivity contribution < 1.29 is 14.4 Å². The molecule has 3 amide bonds. The number of carbonyl (C=O) groups is 3. The normalized spacial score (nSPS) is 10.9. The van der Waals surface area contributed by atoms with Gasteiger partial charge in [-0.25, -0.2) is 0 Å². The van der Waals surface area contributed by atoms with Gasteiger partial charge >= 0.3 is 0 Å². The van der Waals surface area contributed by atoms with Crippen molar-refractivity contribution >= 4 is 67.1 Å². The van der Waals surface area contributed by atoms with E-state index in [1.54, 1.807) is 0 Å². The SMILES string of the molecule is O=C(Nc1ccc2ccccc2c1)c1cc(C(=O)Nc2ccc3ccccc3c2)cc(C(=O)Nc2ccc3ccccc3c2)c1. The Balaban J connectivity index is 1.21. The van der Waals surface area contributed by atoms with E-state index < -0.39 is 17.7 Å². The lowest BCUT2D eigenvalue weighted by Crippen LogP contribution is -2.19. The average molecular weight is 586 g/mol. The van der Waals surface area contributed by atoms with E-state index in [1.807, 2.05) is 127 Å². The van der Waals surface area contributed by atoms with Gasteiger partial charge in [0.25, 0.3) is 17.7 Å². The van der Waals surface area contributed by atoms with Crippen LogP contribution >= 0.6 is 0 Å². The predicted octanol–water partition coefficient (Wildman–Crippen LogP) is 8.90. The Labute approximate surface area is 259 Å². The third kappa shape index (κ3) is 5.98. The van der Waals surface area contributed by atoms with Crippen molar-refractivity contribution in [2.24, 2.45) is 0 Å². The fraction of sp³-hybridized carbons (Fsp3) is 0. The molecular formula is C39H27N3O3. The molecule has 0 aliphatic heterocycles. The van der Waals surface area contributed by atoms with Gasteiger partial charge in [0.15, 0.2) is 0 Å². The first-order valence-electron chi connectivity index (χ1n) is 14.5. The summed E-state index contributed by atoms with van der Waals surface area (Å²) in [6, 6.07) is 45.0. The third-order valence-corrected chi connectivity index (χ3v) is 7.74. The molecule has 0 aliphatic rings. The van der Waals surface area contributed by atoms with Gasteiger partial charge in [0, 0.05) is 33.8 Å². The Morgan fingerprint density at radius 2 is 0.578 bits per heavy atom. The van der Waals surface area contributed by atoms with Crippen molar-refractivity contribution in [1.29, 1.82) is 0 Å². The van der Waals surface area contributed by atoms with Crippen molar-refractivity contribution in [3.63, 3.8) is 0 Å². The van der Waals surface area contributed by atoms with Crippen molar-refractivity contribution in [3.05, 3.63) is 162 Å². The summed E-state index contributed by atoms with van der Waals surface area (Å²) in [6.45, 7) is 0. The number of fused-ring (bicyclic) bond motifs is 3. The van der Waals surface area contributed by atoms with E-state index in [1.165, 1.54) is 18.2 Å². The lowest BCUT2D eigenvalue weighted by molar-refractivity contribution is 0.102. The summed E-state index contributed by atoms with van der Waals surface area (Å²) in [5, 5.41) is 14.9. The van der Waals surface area contributed by atoms with Gasteiger partial charge in [-0.15, -0.1) is 0 Å². The van der Waals surface area contributed by atoms with Gasteiger partial charge in [0.1, 0.15) is 0 Å². The minimum atomic E-state index is -0.439. The van der Waals surface area contributed by atoms with Crippen LogP contribution in [0.1, 0.15) is 31.1 Å². The molecule has 0 unspecified atom stereocenters. The van der Waals surface area contributed by atoms with Crippen LogP contribution in [0.5, 0.6) is 0 Å². The van der Waals surface area contributed by atoms with E-state index in [0.717, 1.165) is 32.3 Å². The molecule has 0 spiro atoms. The Kier molecular flexibility index (Phi) is 7.21. The highest BCUT2D eigenvalue weighted by atomic mass is 16.2. The van der Waals surface area contributed by atoms with Crippen LogP contribution in [0.25, 0.3) is 32.3 Å². The number of benzene rings is 7. The van der Waals surface area contributed by atoms with Gasteiger partial charge in [-0.2, -0.15) is 0 Å². The van der Waals surface area contributed by atoms with Crippen LogP contribution in [0, 0.1) is 0 Å². The molecule has 0 fully saturated rings. The molecule has 6 nitrogen and oxygen atoms in total. The molecule has 45 heavy (non-hydrogen) atoms. The van der Waals surface area contributed by atoms with Crippen LogP contribution in [-0.2, 0) is 0 Å². The van der Waals surface area contributed by atoms with E-state index in [2.05, 4.69) is 16.0 Å². The molecule has 0 saturated carbocycles. The van der Waals surface area contributed by atoms with Crippen LogP contribution in [0.4, 0.5) is 17.1 Å². The van der Waals surface area contributed by atoms with Crippen LogP contribution in [-0.4, -0.2) is 17.7 Å². The molecule has 0 heterocycles. The molecular weight excluding hydrogens is 558 g/mol. The molecule has 6 heteroatoms. The van der Waals surface area contributed by atoms with Gasteiger partial charge in [-0.1, -0.05) is 91.0 Å². The van der Waals surface area contributed by atoms with E-state index in [9.17, 15) is 14.4 Å². The minimum Gasteiger partial charge on any atom is -0.322 e. The number of rotatable bonds is 6. The zero-order valence-corrected chi connectivity index (χ0v) is 24.1. The molecule has 0 radical (unpaired) electrons. The molecule has 0 aromatic heterocycles. The Morgan fingerprint density at radius 1 is 0.311 bits per heavy atom. The summed E-state index contributed by atoms with van der Waals surface area (Å²) in [5.74, 6) is -1.32. The van der Waals surface area contributed by atoms with E-state index >= 15 is 0 Å². The molecule has 216 valence electrons. The fourth-order valence-corrected chi connectivity index (χ4v) is 5.43. The maximum atomic E-state index is 13.5. The largest absolute Gasteiger partial charge is 0.322 e. The molecule has 0 aliphatic carbocycles. The van der Waals surface area contributed by atoms with Gasteiger partial charge in [-0.3, -0.25) is 14.4 Å². The second-order valence-corrected chi connectivity index (χ2v) is 10.8. The van der Waals surface area contributed by atoms with Crippen LogP contribution < -0.4 is 16.0 Å². The first-order chi connectivity index (χ1) is 22.0. The Hall–Kier alpha value is -6.27. The van der Waals surface area contributed by atoms with Crippen molar-refractivity contribution in [3.8, 4) is 0 Å². The topological polar surface area (TPSA) is 87.3 Å². The van der Waals surface area contributed by atoms with Gasteiger partial charge in [0.2, 0.25) is 0 Å². The molecule has 3 N–H and O–H groups in total. The number of hydrogen-bond acceptors (Lipinski definition) is 3. The van der Waals surface area contributed by atoms with Crippen LogP contribution in [0.2, 0.25) is 0 Å². The number of anilines is 3. The van der Waals surface area contributed by atoms with Gasteiger partial charge < -0.3 is 16.0 Å².